The third-order valence-corrected chi connectivity index (χ3v) is 5.31. The van der Waals surface area contributed by atoms with Gasteiger partial charge in [0, 0.05) is 31.9 Å². The number of halogens is 3. The maximum absolute atomic E-state index is 13.5. The van der Waals surface area contributed by atoms with Crippen LogP contribution in [0.25, 0.3) is 5.82 Å². The first-order chi connectivity index (χ1) is 14.3. The molecule has 0 bridgehead atoms. The molecule has 0 radical (unpaired) electrons. The molecule has 0 saturated carbocycles. The number of anilines is 1. The SMILES string of the molecule is Cc1cc(C)n(-c2ccc(N3CCN(C(=O)c4cc(F)c(F)cc4Cl)CC3)nn2)n1. The Kier molecular flexibility index (Phi) is 5.38. The second-order valence-electron chi connectivity index (χ2n) is 7.11. The zero-order valence-corrected chi connectivity index (χ0v) is 17.2. The lowest BCUT2D eigenvalue weighted by atomic mass is 10.1. The predicted octanol–water partition coefficient (Wildman–Crippen LogP) is 3.17. The van der Waals surface area contributed by atoms with Gasteiger partial charge in [0.2, 0.25) is 0 Å². The highest BCUT2D eigenvalue weighted by Crippen LogP contribution is 2.23. The highest BCUT2D eigenvalue weighted by atomic mass is 35.5. The lowest BCUT2D eigenvalue weighted by molar-refractivity contribution is 0.0746. The zero-order chi connectivity index (χ0) is 21.4. The van der Waals surface area contributed by atoms with E-state index in [2.05, 4.69) is 15.3 Å². The molecule has 1 aromatic carbocycles. The fraction of sp³-hybridized carbons (Fsp3) is 0.300. The summed E-state index contributed by atoms with van der Waals surface area (Å²) in [7, 11) is 0. The molecule has 1 amide bonds. The van der Waals surface area contributed by atoms with Crippen molar-refractivity contribution in [3.05, 3.63) is 63.9 Å². The van der Waals surface area contributed by atoms with E-state index < -0.39 is 17.5 Å². The number of nitrogens with zero attached hydrogens (tertiary/aromatic N) is 6. The first kappa shape index (κ1) is 20.2. The van der Waals surface area contributed by atoms with Crippen molar-refractivity contribution in [2.75, 3.05) is 31.1 Å². The summed E-state index contributed by atoms with van der Waals surface area (Å²) in [5, 5.41) is 12.8. The van der Waals surface area contributed by atoms with E-state index in [1.54, 1.807) is 9.58 Å². The number of aromatic nitrogens is 4. The minimum Gasteiger partial charge on any atom is -0.352 e. The largest absolute Gasteiger partial charge is 0.352 e. The number of rotatable bonds is 3. The van der Waals surface area contributed by atoms with E-state index in [0.29, 0.717) is 37.8 Å². The second kappa shape index (κ2) is 7.98. The molecule has 0 N–H and O–H groups in total. The number of benzene rings is 1. The van der Waals surface area contributed by atoms with Gasteiger partial charge in [-0.2, -0.15) is 5.10 Å². The van der Waals surface area contributed by atoms with Crippen molar-refractivity contribution in [2.45, 2.75) is 13.8 Å². The average molecular weight is 433 g/mol. The smallest absolute Gasteiger partial charge is 0.255 e. The molecule has 1 saturated heterocycles. The number of piperazine rings is 1. The lowest BCUT2D eigenvalue weighted by Crippen LogP contribution is -2.49. The van der Waals surface area contributed by atoms with Crippen molar-refractivity contribution >= 4 is 23.3 Å². The molecule has 0 spiro atoms. The summed E-state index contributed by atoms with van der Waals surface area (Å²) in [5.41, 5.74) is 1.83. The Balaban J connectivity index is 1.43. The van der Waals surface area contributed by atoms with Gasteiger partial charge in [-0.25, -0.2) is 13.5 Å². The molecule has 2 aromatic heterocycles. The van der Waals surface area contributed by atoms with Crippen molar-refractivity contribution in [3.63, 3.8) is 0 Å². The van der Waals surface area contributed by atoms with Crippen LogP contribution in [0.5, 0.6) is 0 Å². The third-order valence-electron chi connectivity index (χ3n) is 4.99. The minimum atomic E-state index is -1.10. The summed E-state index contributed by atoms with van der Waals surface area (Å²) in [6.45, 7) is 5.72. The Labute approximate surface area is 176 Å². The van der Waals surface area contributed by atoms with Gasteiger partial charge in [-0.1, -0.05) is 11.6 Å². The molecule has 3 aromatic rings. The van der Waals surface area contributed by atoms with Gasteiger partial charge in [-0.05, 0) is 44.2 Å². The van der Waals surface area contributed by atoms with Crippen LogP contribution in [0.3, 0.4) is 0 Å². The van der Waals surface area contributed by atoms with E-state index in [1.807, 2.05) is 36.9 Å². The molecular formula is C20H19ClF2N6O. The van der Waals surface area contributed by atoms with Crippen molar-refractivity contribution in [1.82, 2.24) is 24.9 Å². The molecule has 1 fully saturated rings. The number of hydrogen-bond acceptors (Lipinski definition) is 5. The molecule has 7 nitrogen and oxygen atoms in total. The Hall–Kier alpha value is -3.07. The monoisotopic (exact) mass is 432 g/mol. The highest BCUT2D eigenvalue weighted by Gasteiger charge is 2.25. The van der Waals surface area contributed by atoms with Crippen LogP contribution in [-0.4, -0.2) is 57.0 Å². The summed E-state index contributed by atoms with van der Waals surface area (Å²) < 4.78 is 28.5. The quantitative estimate of drug-likeness (QED) is 0.595. The Morgan fingerprint density at radius 3 is 2.20 bits per heavy atom. The fourth-order valence-electron chi connectivity index (χ4n) is 3.46. The van der Waals surface area contributed by atoms with Gasteiger partial charge in [-0.3, -0.25) is 4.79 Å². The van der Waals surface area contributed by atoms with Crippen LogP contribution in [0.4, 0.5) is 14.6 Å². The van der Waals surface area contributed by atoms with Crippen LogP contribution in [0.1, 0.15) is 21.7 Å². The van der Waals surface area contributed by atoms with Crippen molar-refractivity contribution in [1.29, 1.82) is 0 Å². The van der Waals surface area contributed by atoms with Gasteiger partial charge >= 0.3 is 0 Å². The van der Waals surface area contributed by atoms with Crippen LogP contribution in [-0.2, 0) is 0 Å². The Bertz CT molecular complexity index is 1090. The molecular weight excluding hydrogens is 414 g/mol. The number of hydrogen-bond donors (Lipinski definition) is 0. The number of carbonyl (C=O) groups excluding carboxylic acids is 1. The van der Waals surface area contributed by atoms with E-state index >= 15 is 0 Å². The molecule has 1 aliphatic rings. The molecule has 0 atom stereocenters. The van der Waals surface area contributed by atoms with E-state index in [0.717, 1.165) is 23.5 Å². The van der Waals surface area contributed by atoms with Gasteiger partial charge in [0.05, 0.1) is 16.3 Å². The van der Waals surface area contributed by atoms with E-state index in [9.17, 15) is 13.6 Å². The first-order valence-corrected chi connectivity index (χ1v) is 9.77. The molecule has 10 heteroatoms. The van der Waals surface area contributed by atoms with Gasteiger partial charge < -0.3 is 9.80 Å². The molecule has 0 aliphatic carbocycles. The molecule has 30 heavy (non-hydrogen) atoms. The molecule has 1 aliphatic heterocycles. The van der Waals surface area contributed by atoms with Gasteiger partial charge in [0.15, 0.2) is 23.3 Å². The normalized spacial score (nSPS) is 14.3. The first-order valence-electron chi connectivity index (χ1n) is 9.39. The van der Waals surface area contributed by atoms with Crippen LogP contribution in [0.15, 0.2) is 30.3 Å². The predicted molar refractivity (Wildman–Crippen MR) is 108 cm³/mol. The van der Waals surface area contributed by atoms with Crippen molar-refractivity contribution in [2.24, 2.45) is 0 Å². The number of carbonyl (C=O) groups is 1. The van der Waals surface area contributed by atoms with Gasteiger partial charge in [0.25, 0.3) is 5.91 Å². The Morgan fingerprint density at radius 2 is 1.60 bits per heavy atom. The molecule has 156 valence electrons. The van der Waals surface area contributed by atoms with E-state index in [1.165, 1.54) is 0 Å². The van der Waals surface area contributed by atoms with Gasteiger partial charge in [0.1, 0.15) is 0 Å². The van der Waals surface area contributed by atoms with Crippen LogP contribution in [0, 0.1) is 25.5 Å². The maximum Gasteiger partial charge on any atom is 0.255 e. The third kappa shape index (κ3) is 3.85. The van der Waals surface area contributed by atoms with Crippen LogP contribution >= 0.6 is 11.6 Å². The lowest BCUT2D eigenvalue weighted by Gasteiger charge is -2.35. The summed E-state index contributed by atoms with van der Waals surface area (Å²) in [6, 6.07) is 7.34. The van der Waals surface area contributed by atoms with Gasteiger partial charge in [-0.15, -0.1) is 10.2 Å². The van der Waals surface area contributed by atoms with Crippen molar-refractivity contribution in [3.8, 4) is 5.82 Å². The standard InChI is InChI=1S/C20H19ClF2N6O/c1-12-9-13(2)29(26-12)19-4-3-18(24-25-19)27-5-7-28(8-6-27)20(30)14-10-16(22)17(23)11-15(14)21/h3-4,9-11H,5-8H2,1-2H3. The summed E-state index contributed by atoms with van der Waals surface area (Å²) in [6.07, 6.45) is 0. The van der Waals surface area contributed by atoms with Crippen molar-refractivity contribution < 1.29 is 13.6 Å². The number of aryl methyl sites for hydroxylation is 2. The fourth-order valence-corrected chi connectivity index (χ4v) is 3.69. The molecule has 0 unspecified atom stereocenters. The van der Waals surface area contributed by atoms with E-state index in [4.69, 9.17) is 11.6 Å². The topological polar surface area (TPSA) is 67.2 Å². The highest BCUT2D eigenvalue weighted by molar-refractivity contribution is 6.33. The summed E-state index contributed by atoms with van der Waals surface area (Å²) >= 11 is 5.93. The summed E-state index contributed by atoms with van der Waals surface area (Å²) in [5.74, 6) is -1.28. The average Bonchev–Trinajstić information content (AvgIpc) is 3.08. The van der Waals surface area contributed by atoms with E-state index in [-0.39, 0.29) is 10.6 Å². The van der Waals surface area contributed by atoms with Crippen LogP contribution in [0.2, 0.25) is 5.02 Å². The molecule has 4 rings (SSSR count). The molecule has 3 heterocycles. The summed E-state index contributed by atoms with van der Waals surface area (Å²) in [4.78, 5) is 16.2. The minimum absolute atomic E-state index is 0.0435. The maximum atomic E-state index is 13.5. The second-order valence-corrected chi connectivity index (χ2v) is 7.52. The van der Waals surface area contributed by atoms with Crippen LogP contribution < -0.4 is 4.90 Å². The Morgan fingerprint density at radius 1 is 0.967 bits per heavy atom. The number of amides is 1. The zero-order valence-electron chi connectivity index (χ0n) is 16.4.